The Balaban J connectivity index is 3.69. The minimum absolute atomic E-state index is 0.000984. The maximum absolute atomic E-state index is 11.3. The highest BCUT2D eigenvalue weighted by atomic mass is 32.2. The van der Waals surface area contributed by atoms with E-state index in [1.807, 2.05) is 6.26 Å². The van der Waals surface area contributed by atoms with E-state index in [2.05, 4.69) is 0 Å². The van der Waals surface area contributed by atoms with Crippen LogP contribution < -0.4 is 0 Å². The molecule has 0 saturated heterocycles. The fraction of sp³-hybridized carbons (Fsp3) is 0.857. The van der Waals surface area contributed by atoms with Crippen LogP contribution in [0.3, 0.4) is 0 Å². The molecule has 0 aromatic rings. The first-order chi connectivity index (χ1) is 5.57. The lowest BCUT2D eigenvalue weighted by Gasteiger charge is -2.07. The number of thioether (sulfide) groups is 1. The van der Waals surface area contributed by atoms with Crippen molar-refractivity contribution in [1.82, 2.24) is 0 Å². The first kappa shape index (κ1) is 12.0. The van der Waals surface area contributed by atoms with E-state index in [1.165, 1.54) is 0 Å². The molecule has 0 aromatic heterocycles. The standard InChI is InChI=1S/C7H14O3S2/c1-6(5-7(8)9)12(10)4-3-11-2/h6H,3-5H2,1-2H3,(H,8,9). The van der Waals surface area contributed by atoms with Gasteiger partial charge in [0.25, 0.3) is 0 Å². The van der Waals surface area contributed by atoms with Crippen molar-refractivity contribution in [2.45, 2.75) is 18.6 Å². The van der Waals surface area contributed by atoms with Crippen molar-refractivity contribution >= 4 is 28.5 Å². The topological polar surface area (TPSA) is 54.4 Å². The van der Waals surface area contributed by atoms with E-state index < -0.39 is 16.8 Å². The zero-order chi connectivity index (χ0) is 9.56. The predicted molar refractivity (Wildman–Crippen MR) is 53.1 cm³/mol. The second-order valence-electron chi connectivity index (χ2n) is 2.49. The van der Waals surface area contributed by atoms with E-state index in [9.17, 15) is 9.00 Å². The molecule has 0 saturated carbocycles. The van der Waals surface area contributed by atoms with Crippen molar-refractivity contribution in [2.24, 2.45) is 0 Å². The van der Waals surface area contributed by atoms with Crippen molar-refractivity contribution in [3.8, 4) is 0 Å². The number of hydrogen-bond donors (Lipinski definition) is 1. The zero-order valence-electron chi connectivity index (χ0n) is 7.28. The lowest BCUT2D eigenvalue weighted by molar-refractivity contribution is -0.136. The van der Waals surface area contributed by atoms with Gasteiger partial charge in [0.2, 0.25) is 0 Å². The molecule has 0 aromatic carbocycles. The van der Waals surface area contributed by atoms with Crippen LogP contribution in [0, 0.1) is 0 Å². The summed E-state index contributed by atoms with van der Waals surface area (Å²) in [6, 6.07) is 0. The smallest absolute Gasteiger partial charge is 0.304 e. The normalized spacial score (nSPS) is 15.5. The van der Waals surface area contributed by atoms with Gasteiger partial charge in [0.15, 0.2) is 0 Å². The number of hydrogen-bond acceptors (Lipinski definition) is 3. The Morgan fingerprint density at radius 2 is 2.25 bits per heavy atom. The Morgan fingerprint density at radius 1 is 1.67 bits per heavy atom. The SMILES string of the molecule is CSCCS(=O)C(C)CC(=O)O. The Hall–Kier alpha value is -0.0300. The summed E-state index contributed by atoms with van der Waals surface area (Å²) in [6.07, 6.45) is 1.94. The van der Waals surface area contributed by atoms with Crippen molar-refractivity contribution in [1.29, 1.82) is 0 Å². The van der Waals surface area contributed by atoms with Gasteiger partial charge in [0.1, 0.15) is 0 Å². The molecule has 0 radical (unpaired) electrons. The van der Waals surface area contributed by atoms with Gasteiger partial charge in [-0.3, -0.25) is 9.00 Å². The van der Waals surface area contributed by atoms with Crippen LogP contribution in [0.4, 0.5) is 0 Å². The lowest BCUT2D eigenvalue weighted by Crippen LogP contribution is -2.18. The van der Waals surface area contributed by atoms with Crippen LogP contribution in [-0.2, 0) is 15.6 Å². The summed E-state index contributed by atoms with van der Waals surface area (Å²) in [7, 11) is -0.987. The van der Waals surface area contributed by atoms with Gasteiger partial charge in [0.05, 0.1) is 6.42 Å². The highest BCUT2D eigenvalue weighted by Gasteiger charge is 2.13. The van der Waals surface area contributed by atoms with Crippen molar-refractivity contribution in [3.63, 3.8) is 0 Å². The quantitative estimate of drug-likeness (QED) is 0.709. The Morgan fingerprint density at radius 3 is 2.67 bits per heavy atom. The summed E-state index contributed by atoms with van der Waals surface area (Å²) in [4.78, 5) is 10.2. The van der Waals surface area contributed by atoms with Gasteiger partial charge in [-0.25, -0.2) is 0 Å². The van der Waals surface area contributed by atoms with Crippen LogP contribution in [0.2, 0.25) is 0 Å². The molecule has 0 aliphatic rings. The molecule has 0 bridgehead atoms. The van der Waals surface area contributed by atoms with Crippen LogP contribution in [0.15, 0.2) is 0 Å². The molecule has 0 aliphatic carbocycles. The van der Waals surface area contributed by atoms with E-state index in [0.717, 1.165) is 5.75 Å². The molecule has 2 atom stereocenters. The van der Waals surface area contributed by atoms with Gasteiger partial charge in [-0.15, -0.1) is 0 Å². The molecule has 0 amide bonds. The fourth-order valence-corrected chi connectivity index (χ4v) is 2.76. The van der Waals surface area contributed by atoms with Crippen molar-refractivity contribution < 1.29 is 14.1 Å². The van der Waals surface area contributed by atoms with Gasteiger partial charge in [-0.1, -0.05) is 6.92 Å². The highest BCUT2D eigenvalue weighted by molar-refractivity contribution is 7.99. The van der Waals surface area contributed by atoms with Crippen LogP contribution in [0.1, 0.15) is 13.3 Å². The molecule has 5 heteroatoms. The van der Waals surface area contributed by atoms with Crippen LogP contribution in [0.25, 0.3) is 0 Å². The molecule has 0 rings (SSSR count). The molecular formula is C7H14O3S2. The van der Waals surface area contributed by atoms with Crippen molar-refractivity contribution in [2.75, 3.05) is 17.8 Å². The number of rotatable bonds is 6. The van der Waals surface area contributed by atoms with Gasteiger partial charge in [0, 0.05) is 27.6 Å². The number of carbonyl (C=O) groups is 1. The average molecular weight is 210 g/mol. The molecule has 0 aliphatic heterocycles. The molecule has 72 valence electrons. The Bertz CT molecular complexity index is 170. The molecule has 0 fully saturated rings. The number of carboxylic acids is 1. The summed E-state index contributed by atoms with van der Waals surface area (Å²) in [6.45, 7) is 1.71. The van der Waals surface area contributed by atoms with Gasteiger partial charge in [-0.05, 0) is 6.26 Å². The zero-order valence-corrected chi connectivity index (χ0v) is 8.91. The van der Waals surface area contributed by atoms with Crippen LogP contribution >= 0.6 is 11.8 Å². The highest BCUT2D eigenvalue weighted by Crippen LogP contribution is 2.03. The summed E-state index contributed by atoms with van der Waals surface area (Å²) < 4.78 is 11.3. The van der Waals surface area contributed by atoms with Gasteiger partial charge < -0.3 is 5.11 Å². The molecular weight excluding hydrogens is 196 g/mol. The first-order valence-corrected chi connectivity index (χ1v) is 6.43. The maximum atomic E-state index is 11.3. The summed E-state index contributed by atoms with van der Waals surface area (Å²) in [5.74, 6) is 0.548. The molecule has 0 heterocycles. The van der Waals surface area contributed by atoms with Crippen LogP contribution in [-0.4, -0.2) is 38.3 Å². The maximum Gasteiger partial charge on any atom is 0.304 e. The van der Waals surface area contributed by atoms with E-state index in [1.54, 1.807) is 18.7 Å². The lowest BCUT2D eigenvalue weighted by atomic mass is 10.3. The largest absolute Gasteiger partial charge is 0.481 e. The van der Waals surface area contributed by atoms with E-state index >= 15 is 0 Å². The third kappa shape index (κ3) is 5.60. The Kier molecular flexibility index (Phi) is 6.47. The number of aliphatic carboxylic acids is 1. The fourth-order valence-electron chi connectivity index (χ4n) is 0.706. The second kappa shape index (κ2) is 6.48. The molecule has 3 nitrogen and oxygen atoms in total. The third-order valence-electron chi connectivity index (χ3n) is 1.40. The van der Waals surface area contributed by atoms with Crippen LogP contribution in [0.5, 0.6) is 0 Å². The summed E-state index contributed by atoms with van der Waals surface area (Å²) in [5.41, 5.74) is 0. The minimum atomic E-state index is -0.987. The van der Waals surface area contributed by atoms with Gasteiger partial charge >= 0.3 is 5.97 Å². The molecule has 1 N–H and O–H groups in total. The first-order valence-electron chi connectivity index (χ1n) is 3.65. The molecule has 12 heavy (non-hydrogen) atoms. The average Bonchev–Trinajstić information content (AvgIpc) is 1.98. The van der Waals surface area contributed by atoms with Crippen molar-refractivity contribution in [3.05, 3.63) is 0 Å². The molecule has 0 spiro atoms. The Labute approximate surface area is 79.4 Å². The second-order valence-corrected chi connectivity index (χ2v) is 5.45. The predicted octanol–water partition coefficient (Wildman–Crippen LogP) is 0.961. The minimum Gasteiger partial charge on any atom is -0.481 e. The summed E-state index contributed by atoms with van der Waals surface area (Å²) in [5, 5.41) is 8.19. The van der Waals surface area contributed by atoms with E-state index in [-0.39, 0.29) is 11.7 Å². The number of carboxylic acid groups (broad SMARTS) is 1. The monoisotopic (exact) mass is 210 g/mol. The van der Waals surface area contributed by atoms with E-state index in [0.29, 0.717) is 5.75 Å². The van der Waals surface area contributed by atoms with E-state index in [4.69, 9.17) is 5.11 Å². The summed E-state index contributed by atoms with van der Waals surface area (Å²) >= 11 is 1.63. The third-order valence-corrected chi connectivity index (χ3v) is 3.94. The molecule has 2 unspecified atom stereocenters. The van der Waals surface area contributed by atoms with Gasteiger partial charge in [-0.2, -0.15) is 11.8 Å².